The van der Waals surface area contributed by atoms with Crippen molar-refractivity contribution in [1.82, 2.24) is 19.5 Å². The zero-order valence-corrected chi connectivity index (χ0v) is 14.9. The number of aromatic nitrogens is 4. The Morgan fingerprint density at radius 1 is 1.19 bits per heavy atom. The number of rotatable bonds is 4. The molecule has 0 atom stereocenters. The van der Waals surface area contributed by atoms with E-state index in [2.05, 4.69) is 45.3 Å². The van der Waals surface area contributed by atoms with Gasteiger partial charge in [0.05, 0.1) is 18.7 Å². The number of pyridine rings is 1. The molecule has 5 rings (SSSR count). The lowest BCUT2D eigenvalue weighted by Crippen LogP contribution is -2.17. The van der Waals surface area contributed by atoms with Crippen LogP contribution in [0.15, 0.2) is 59.2 Å². The molecule has 0 saturated heterocycles. The van der Waals surface area contributed by atoms with Crippen molar-refractivity contribution in [2.75, 3.05) is 13.2 Å². The number of fused-ring (bicyclic) bond motifs is 2. The number of hydrogen-bond acceptors (Lipinski definition) is 3. The van der Waals surface area contributed by atoms with Crippen molar-refractivity contribution in [3.8, 4) is 11.1 Å². The third-order valence-electron chi connectivity index (χ3n) is 5.23. The summed E-state index contributed by atoms with van der Waals surface area (Å²) in [7, 11) is 0. The van der Waals surface area contributed by atoms with Gasteiger partial charge in [-0.15, -0.1) is 0 Å². The number of ether oxygens (including phenoxy) is 1. The van der Waals surface area contributed by atoms with Gasteiger partial charge in [-0.3, -0.25) is 9.55 Å². The highest BCUT2D eigenvalue weighted by atomic mass is 16.5. The third kappa shape index (κ3) is 2.98. The first kappa shape index (κ1) is 16.1. The summed E-state index contributed by atoms with van der Waals surface area (Å²) in [5.74, 6) is 0. The molecule has 2 N–H and O–H groups in total. The molecule has 1 aromatic carbocycles. The van der Waals surface area contributed by atoms with E-state index in [4.69, 9.17) is 4.74 Å². The number of aromatic amines is 2. The van der Waals surface area contributed by atoms with E-state index in [0.717, 1.165) is 47.0 Å². The van der Waals surface area contributed by atoms with Crippen LogP contribution in [-0.2, 0) is 11.3 Å². The van der Waals surface area contributed by atoms with Gasteiger partial charge in [-0.2, -0.15) is 0 Å². The Labute approximate surface area is 155 Å². The third-order valence-corrected chi connectivity index (χ3v) is 5.23. The monoisotopic (exact) mass is 360 g/mol. The van der Waals surface area contributed by atoms with Gasteiger partial charge in [0.2, 0.25) is 0 Å². The van der Waals surface area contributed by atoms with Gasteiger partial charge < -0.3 is 9.72 Å². The molecule has 0 radical (unpaired) electrons. The van der Waals surface area contributed by atoms with Crippen molar-refractivity contribution in [1.29, 1.82) is 0 Å². The van der Waals surface area contributed by atoms with Gasteiger partial charge in [-0.1, -0.05) is 17.7 Å². The Morgan fingerprint density at radius 3 is 3.04 bits per heavy atom. The van der Waals surface area contributed by atoms with Gasteiger partial charge in [-0.05, 0) is 48.1 Å². The van der Waals surface area contributed by atoms with Crippen LogP contribution in [0.4, 0.5) is 0 Å². The Bertz CT molecular complexity index is 1210. The first-order chi connectivity index (χ1) is 13.3. The summed E-state index contributed by atoms with van der Waals surface area (Å²) in [6, 6.07) is 10.4. The molecule has 4 heterocycles. The standard InChI is InChI=1S/C21H20N4O2/c26-21-24-20-19(25(21)8-4-14-5-9-27-10-6-14)12-17(13-23-20)15-1-2-18-16(11-15)3-7-22-18/h1-3,5,7,11-13,22H,4,6,8-10H2,(H,23,24,26). The number of imidazole rings is 1. The van der Waals surface area contributed by atoms with E-state index in [9.17, 15) is 4.79 Å². The molecular formula is C21H20N4O2. The van der Waals surface area contributed by atoms with Crippen molar-refractivity contribution in [2.24, 2.45) is 0 Å². The van der Waals surface area contributed by atoms with Crippen molar-refractivity contribution < 1.29 is 4.74 Å². The van der Waals surface area contributed by atoms with E-state index >= 15 is 0 Å². The number of hydrogen-bond donors (Lipinski definition) is 2. The van der Waals surface area contributed by atoms with Gasteiger partial charge in [0, 0.05) is 30.0 Å². The number of aryl methyl sites for hydroxylation is 1. The van der Waals surface area contributed by atoms with Gasteiger partial charge in [-0.25, -0.2) is 9.78 Å². The summed E-state index contributed by atoms with van der Waals surface area (Å²) < 4.78 is 7.15. The number of nitrogens with zero attached hydrogens (tertiary/aromatic N) is 2. The van der Waals surface area contributed by atoms with Crippen molar-refractivity contribution >= 4 is 22.1 Å². The summed E-state index contributed by atoms with van der Waals surface area (Å²) in [6.45, 7) is 2.08. The summed E-state index contributed by atoms with van der Waals surface area (Å²) in [4.78, 5) is 23.0. The number of benzene rings is 1. The lowest BCUT2D eigenvalue weighted by atomic mass is 10.1. The highest BCUT2D eigenvalue weighted by molar-refractivity contribution is 5.86. The summed E-state index contributed by atoms with van der Waals surface area (Å²) >= 11 is 0. The van der Waals surface area contributed by atoms with Gasteiger partial charge in [0.15, 0.2) is 5.65 Å². The second-order valence-corrected chi connectivity index (χ2v) is 6.89. The average molecular weight is 360 g/mol. The fraction of sp³-hybridized carbons (Fsp3) is 0.238. The van der Waals surface area contributed by atoms with E-state index in [0.29, 0.717) is 18.8 Å². The Balaban J connectivity index is 1.52. The minimum Gasteiger partial charge on any atom is -0.377 e. The molecule has 27 heavy (non-hydrogen) atoms. The van der Waals surface area contributed by atoms with Crippen LogP contribution >= 0.6 is 0 Å². The predicted molar refractivity (Wildman–Crippen MR) is 106 cm³/mol. The van der Waals surface area contributed by atoms with Gasteiger partial charge in [0.1, 0.15) is 0 Å². The van der Waals surface area contributed by atoms with Crippen molar-refractivity contribution in [2.45, 2.75) is 19.4 Å². The largest absolute Gasteiger partial charge is 0.377 e. The molecule has 6 heteroatoms. The summed E-state index contributed by atoms with van der Waals surface area (Å²) in [6.07, 6.45) is 7.67. The molecule has 0 unspecified atom stereocenters. The SMILES string of the molecule is O=c1[nH]c2ncc(-c3ccc4[nH]ccc4c3)cc2n1CCC1=CCOCC1. The molecule has 0 fully saturated rings. The molecule has 3 aromatic heterocycles. The molecule has 4 aromatic rings. The van der Waals surface area contributed by atoms with Crippen molar-refractivity contribution in [3.63, 3.8) is 0 Å². The van der Waals surface area contributed by atoms with Crippen LogP contribution in [0.2, 0.25) is 0 Å². The Morgan fingerprint density at radius 2 is 2.15 bits per heavy atom. The fourth-order valence-electron chi connectivity index (χ4n) is 3.69. The first-order valence-corrected chi connectivity index (χ1v) is 9.20. The average Bonchev–Trinajstić information content (AvgIpc) is 3.29. The lowest BCUT2D eigenvalue weighted by molar-refractivity contribution is 0.153. The molecule has 1 aliphatic rings. The minimum absolute atomic E-state index is 0.108. The molecule has 6 nitrogen and oxygen atoms in total. The Hall–Kier alpha value is -3.12. The highest BCUT2D eigenvalue weighted by Gasteiger charge is 2.11. The predicted octanol–water partition coefficient (Wildman–Crippen LogP) is 3.61. The number of nitrogens with one attached hydrogen (secondary N) is 2. The van der Waals surface area contributed by atoms with E-state index in [1.807, 2.05) is 18.5 Å². The van der Waals surface area contributed by atoms with Crippen LogP contribution in [0.3, 0.4) is 0 Å². The normalized spacial score (nSPS) is 14.7. The van der Waals surface area contributed by atoms with Crippen LogP contribution in [0.1, 0.15) is 12.8 Å². The number of H-pyrrole nitrogens is 2. The van der Waals surface area contributed by atoms with E-state index in [1.165, 1.54) is 5.57 Å². The van der Waals surface area contributed by atoms with Crippen LogP contribution < -0.4 is 5.69 Å². The maximum atomic E-state index is 12.4. The highest BCUT2D eigenvalue weighted by Crippen LogP contribution is 2.25. The molecule has 0 bridgehead atoms. The smallest absolute Gasteiger partial charge is 0.327 e. The summed E-state index contributed by atoms with van der Waals surface area (Å²) in [5.41, 5.74) is 5.92. The van der Waals surface area contributed by atoms with E-state index in [-0.39, 0.29) is 5.69 Å². The molecule has 0 aliphatic carbocycles. The van der Waals surface area contributed by atoms with Crippen LogP contribution in [-0.4, -0.2) is 32.7 Å². The van der Waals surface area contributed by atoms with Gasteiger partial charge >= 0.3 is 5.69 Å². The first-order valence-electron chi connectivity index (χ1n) is 9.20. The topological polar surface area (TPSA) is 75.7 Å². The minimum atomic E-state index is -0.108. The second kappa shape index (κ2) is 6.55. The molecular weight excluding hydrogens is 340 g/mol. The maximum absolute atomic E-state index is 12.4. The second-order valence-electron chi connectivity index (χ2n) is 6.89. The zero-order chi connectivity index (χ0) is 18.2. The molecule has 136 valence electrons. The zero-order valence-electron chi connectivity index (χ0n) is 14.9. The molecule has 0 saturated carbocycles. The molecule has 0 amide bonds. The maximum Gasteiger partial charge on any atom is 0.327 e. The van der Waals surface area contributed by atoms with Crippen LogP contribution in [0.5, 0.6) is 0 Å². The quantitative estimate of drug-likeness (QED) is 0.546. The lowest BCUT2D eigenvalue weighted by Gasteiger charge is -2.13. The van der Waals surface area contributed by atoms with E-state index in [1.54, 1.807) is 4.57 Å². The molecule has 0 spiro atoms. The van der Waals surface area contributed by atoms with Crippen LogP contribution in [0.25, 0.3) is 33.2 Å². The summed E-state index contributed by atoms with van der Waals surface area (Å²) in [5, 5.41) is 1.16. The van der Waals surface area contributed by atoms with Crippen molar-refractivity contribution in [3.05, 3.63) is 64.9 Å². The fourth-order valence-corrected chi connectivity index (χ4v) is 3.69. The van der Waals surface area contributed by atoms with Gasteiger partial charge in [0.25, 0.3) is 0 Å². The Kier molecular flexibility index (Phi) is 3.90. The van der Waals surface area contributed by atoms with Crippen LogP contribution in [0, 0.1) is 0 Å². The van der Waals surface area contributed by atoms with E-state index < -0.39 is 0 Å². The molecule has 1 aliphatic heterocycles.